The van der Waals surface area contributed by atoms with Gasteiger partial charge >= 0.3 is 0 Å². The molecule has 5 heteroatoms. The van der Waals surface area contributed by atoms with E-state index in [0.717, 1.165) is 12.5 Å². The number of ketones is 1. The molecule has 0 aliphatic heterocycles. The predicted octanol–water partition coefficient (Wildman–Crippen LogP) is 3.37. The van der Waals surface area contributed by atoms with Gasteiger partial charge in [-0.1, -0.05) is 19.4 Å². The first-order valence-electron chi connectivity index (χ1n) is 6.71. The minimum absolute atomic E-state index is 0.0523. The van der Waals surface area contributed by atoms with Crippen LogP contribution in [0.15, 0.2) is 12.1 Å². The number of benzene rings is 1. The lowest BCUT2D eigenvalue weighted by atomic mass is 9.94. The molecule has 0 fully saturated rings. The summed E-state index contributed by atoms with van der Waals surface area (Å²) in [6.45, 7) is 3.42. The molecular formula is C15H20F3NO. The zero-order valence-electron chi connectivity index (χ0n) is 11.8. The molecule has 1 rings (SSSR count). The molecule has 0 radical (unpaired) electrons. The molecule has 20 heavy (non-hydrogen) atoms. The van der Waals surface area contributed by atoms with Crippen LogP contribution < -0.4 is 5.73 Å². The third kappa shape index (κ3) is 4.63. The van der Waals surface area contributed by atoms with Crippen molar-refractivity contribution in [2.45, 2.75) is 45.6 Å². The summed E-state index contributed by atoms with van der Waals surface area (Å²) in [7, 11) is 0. The molecule has 0 heterocycles. The second-order valence-corrected chi connectivity index (χ2v) is 5.28. The molecule has 0 bridgehead atoms. The number of carbonyl (C=O) groups excluding carboxylic acids is 1. The van der Waals surface area contributed by atoms with Crippen molar-refractivity contribution in [3.05, 3.63) is 35.1 Å². The number of hydrogen-bond donors (Lipinski definition) is 1. The first-order valence-corrected chi connectivity index (χ1v) is 6.71. The summed E-state index contributed by atoms with van der Waals surface area (Å²) < 4.78 is 39.2. The summed E-state index contributed by atoms with van der Waals surface area (Å²) in [5, 5.41) is 0. The van der Waals surface area contributed by atoms with Crippen molar-refractivity contribution < 1.29 is 18.0 Å². The Kier molecular flexibility index (Phi) is 6.20. The Balaban J connectivity index is 2.45. The first-order chi connectivity index (χ1) is 9.32. The smallest absolute Gasteiger partial charge is 0.194 e. The number of aryl methyl sites for hydroxylation is 1. The van der Waals surface area contributed by atoms with Crippen LogP contribution in [0.25, 0.3) is 0 Å². The molecule has 0 aliphatic rings. The average Bonchev–Trinajstić information content (AvgIpc) is 2.38. The minimum Gasteiger partial charge on any atom is -0.322 e. The van der Waals surface area contributed by atoms with Crippen LogP contribution >= 0.6 is 0 Å². The molecule has 2 unspecified atom stereocenters. The summed E-state index contributed by atoms with van der Waals surface area (Å²) in [5.74, 6) is -3.54. The van der Waals surface area contributed by atoms with Crippen molar-refractivity contribution in [2.75, 3.05) is 0 Å². The molecule has 0 aromatic heterocycles. The van der Waals surface area contributed by atoms with E-state index in [4.69, 9.17) is 5.73 Å². The van der Waals surface area contributed by atoms with Crippen LogP contribution in [0.3, 0.4) is 0 Å². The van der Waals surface area contributed by atoms with Crippen molar-refractivity contribution in [3.8, 4) is 0 Å². The highest BCUT2D eigenvalue weighted by molar-refractivity contribution is 5.81. The molecule has 2 atom stereocenters. The van der Waals surface area contributed by atoms with Gasteiger partial charge in [0, 0.05) is 0 Å². The number of hydrogen-bond acceptors (Lipinski definition) is 2. The Hall–Kier alpha value is -1.36. The predicted molar refractivity (Wildman–Crippen MR) is 71.7 cm³/mol. The Morgan fingerprint density at radius 3 is 2.50 bits per heavy atom. The van der Waals surface area contributed by atoms with Crippen molar-refractivity contribution in [1.82, 2.24) is 0 Å². The fourth-order valence-corrected chi connectivity index (χ4v) is 2.12. The van der Waals surface area contributed by atoms with Crippen LogP contribution in [-0.2, 0) is 11.2 Å². The van der Waals surface area contributed by atoms with Crippen LogP contribution in [0.5, 0.6) is 0 Å². The Morgan fingerprint density at radius 1 is 1.25 bits per heavy atom. The zero-order valence-corrected chi connectivity index (χ0v) is 11.8. The van der Waals surface area contributed by atoms with Crippen molar-refractivity contribution >= 4 is 5.78 Å². The van der Waals surface area contributed by atoms with E-state index in [2.05, 4.69) is 0 Å². The van der Waals surface area contributed by atoms with E-state index in [1.165, 1.54) is 13.0 Å². The quantitative estimate of drug-likeness (QED) is 0.781. The van der Waals surface area contributed by atoms with Gasteiger partial charge in [-0.25, -0.2) is 13.2 Å². The van der Waals surface area contributed by atoms with Crippen LogP contribution in [0.1, 0.15) is 38.7 Å². The molecule has 2 N–H and O–H groups in total. The monoisotopic (exact) mass is 287 g/mol. The van der Waals surface area contributed by atoms with Crippen molar-refractivity contribution in [3.63, 3.8) is 0 Å². The van der Waals surface area contributed by atoms with E-state index >= 15 is 0 Å². The highest BCUT2D eigenvalue weighted by Crippen LogP contribution is 2.19. The van der Waals surface area contributed by atoms with Crippen LogP contribution in [0, 0.1) is 23.4 Å². The van der Waals surface area contributed by atoms with E-state index in [1.54, 1.807) is 0 Å². The molecule has 0 amide bonds. The molecule has 2 nitrogen and oxygen atoms in total. The van der Waals surface area contributed by atoms with E-state index in [0.29, 0.717) is 19.3 Å². The number of rotatable bonds is 7. The Labute approximate surface area is 117 Å². The first kappa shape index (κ1) is 16.7. The van der Waals surface area contributed by atoms with Gasteiger partial charge in [0.2, 0.25) is 0 Å². The maximum atomic E-state index is 13.4. The number of carbonyl (C=O) groups is 1. The second-order valence-electron chi connectivity index (χ2n) is 5.28. The molecule has 1 aromatic carbocycles. The highest BCUT2D eigenvalue weighted by Gasteiger charge is 2.15. The lowest BCUT2D eigenvalue weighted by molar-refractivity contribution is -0.118. The zero-order chi connectivity index (χ0) is 15.3. The van der Waals surface area contributed by atoms with E-state index < -0.39 is 23.5 Å². The Bertz CT molecular complexity index is 476. The van der Waals surface area contributed by atoms with Gasteiger partial charge in [-0.15, -0.1) is 0 Å². The van der Waals surface area contributed by atoms with Gasteiger partial charge in [0.1, 0.15) is 5.78 Å². The lowest BCUT2D eigenvalue weighted by Gasteiger charge is -2.15. The van der Waals surface area contributed by atoms with Gasteiger partial charge in [0.25, 0.3) is 0 Å². The fourth-order valence-electron chi connectivity index (χ4n) is 2.12. The molecule has 0 saturated carbocycles. The van der Waals surface area contributed by atoms with Crippen molar-refractivity contribution in [1.29, 1.82) is 0 Å². The topological polar surface area (TPSA) is 43.1 Å². The third-order valence-corrected chi connectivity index (χ3v) is 3.44. The second kappa shape index (κ2) is 7.43. The van der Waals surface area contributed by atoms with Crippen molar-refractivity contribution in [2.24, 2.45) is 11.7 Å². The fraction of sp³-hybridized carbons (Fsp3) is 0.533. The minimum atomic E-state index is -1.42. The van der Waals surface area contributed by atoms with E-state index in [-0.39, 0.29) is 17.3 Å². The highest BCUT2D eigenvalue weighted by atomic mass is 19.2. The number of Topliss-reactive ketones (excluding diaryl/α,β-unsaturated/α-hetero) is 1. The van der Waals surface area contributed by atoms with Crippen LogP contribution in [0.2, 0.25) is 0 Å². The van der Waals surface area contributed by atoms with Gasteiger partial charge in [-0.05, 0) is 43.7 Å². The molecule has 1 aromatic rings. The Morgan fingerprint density at radius 2 is 1.90 bits per heavy atom. The van der Waals surface area contributed by atoms with Gasteiger partial charge < -0.3 is 5.73 Å². The summed E-state index contributed by atoms with van der Waals surface area (Å²) >= 11 is 0. The summed E-state index contributed by atoms with van der Waals surface area (Å²) in [6, 6.07) is 1.73. The molecule has 0 saturated heterocycles. The molecular weight excluding hydrogens is 267 g/mol. The standard InChI is InChI=1S/C15H20F3NO/c1-9(8-13(19)10(2)20)4-3-5-11-6-7-12(16)15(18)14(11)17/h6-7,9,13H,3-5,8,19H2,1-2H3. The summed E-state index contributed by atoms with van der Waals surface area (Å²) in [6.07, 6.45) is 2.30. The molecule has 0 aliphatic carbocycles. The molecule has 0 spiro atoms. The maximum Gasteiger partial charge on any atom is 0.194 e. The van der Waals surface area contributed by atoms with Gasteiger partial charge in [0.15, 0.2) is 17.5 Å². The SMILES string of the molecule is CC(=O)C(N)CC(C)CCCc1ccc(F)c(F)c1F. The number of nitrogens with two attached hydrogens (primary N) is 1. The van der Waals surface area contributed by atoms with Gasteiger partial charge in [-0.3, -0.25) is 4.79 Å². The largest absolute Gasteiger partial charge is 0.322 e. The van der Waals surface area contributed by atoms with Crippen LogP contribution in [-0.4, -0.2) is 11.8 Å². The molecule has 112 valence electrons. The number of halogens is 3. The maximum absolute atomic E-state index is 13.4. The third-order valence-electron chi connectivity index (χ3n) is 3.44. The summed E-state index contributed by atoms with van der Waals surface area (Å²) in [4.78, 5) is 11.0. The average molecular weight is 287 g/mol. The van der Waals surface area contributed by atoms with Gasteiger partial charge in [-0.2, -0.15) is 0 Å². The summed E-state index contributed by atoms with van der Waals surface area (Å²) in [5.41, 5.74) is 5.83. The van der Waals surface area contributed by atoms with E-state index in [1.807, 2.05) is 6.92 Å². The van der Waals surface area contributed by atoms with Gasteiger partial charge in [0.05, 0.1) is 6.04 Å². The van der Waals surface area contributed by atoms with E-state index in [9.17, 15) is 18.0 Å². The lowest BCUT2D eigenvalue weighted by Crippen LogP contribution is -2.30. The normalized spacial score (nSPS) is 14.1. The van der Waals surface area contributed by atoms with Crippen LogP contribution in [0.4, 0.5) is 13.2 Å².